The lowest BCUT2D eigenvalue weighted by Gasteiger charge is -2.34. The van der Waals surface area contributed by atoms with Crippen LogP contribution in [0.3, 0.4) is 0 Å². The fourth-order valence-electron chi connectivity index (χ4n) is 3.31. The van der Waals surface area contributed by atoms with Crippen molar-refractivity contribution in [2.75, 3.05) is 25.1 Å². The molecule has 142 valence electrons. The molecule has 0 aliphatic carbocycles. The third-order valence-corrected chi connectivity index (χ3v) is 4.79. The Hall–Kier alpha value is -3.02. The van der Waals surface area contributed by atoms with Crippen LogP contribution in [0.15, 0.2) is 54.6 Å². The first-order valence-corrected chi connectivity index (χ1v) is 9.18. The summed E-state index contributed by atoms with van der Waals surface area (Å²) in [6, 6.07) is 17.6. The standard InChI is InChI=1S/C21H25N3O3/c1-27-21(26)23-17-11-13-24(14-12-17)19-10-6-5-9-18(19)20(25)22-15-16-7-3-2-4-8-16/h2-10,17H,11-15H2,1H3,(H,22,25)(H,23,26). The van der Waals surface area contributed by atoms with Crippen LogP contribution in [0, 0.1) is 0 Å². The quantitative estimate of drug-likeness (QED) is 0.852. The van der Waals surface area contributed by atoms with Gasteiger partial charge in [-0.3, -0.25) is 4.79 Å². The molecule has 3 rings (SSSR count). The van der Waals surface area contributed by atoms with E-state index in [1.165, 1.54) is 7.11 Å². The second-order valence-corrected chi connectivity index (χ2v) is 6.58. The van der Waals surface area contributed by atoms with Gasteiger partial charge in [-0.15, -0.1) is 0 Å². The minimum atomic E-state index is -0.394. The van der Waals surface area contributed by atoms with Crippen LogP contribution in [-0.4, -0.2) is 38.2 Å². The number of rotatable bonds is 5. The number of piperidine rings is 1. The Balaban J connectivity index is 1.62. The topological polar surface area (TPSA) is 70.7 Å². The van der Waals surface area contributed by atoms with Gasteiger partial charge in [0.25, 0.3) is 5.91 Å². The highest BCUT2D eigenvalue weighted by atomic mass is 16.5. The van der Waals surface area contributed by atoms with E-state index in [0.717, 1.165) is 37.2 Å². The van der Waals surface area contributed by atoms with E-state index in [0.29, 0.717) is 12.1 Å². The summed E-state index contributed by atoms with van der Waals surface area (Å²) in [7, 11) is 1.37. The third-order valence-electron chi connectivity index (χ3n) is 4.79. The number of amides is 2. The molecule has 6 heteroatoms. The van der Waals surface area contributed by atoms with E-state index in [9.17, 15) is 9.59 Å². The van der Waals surface area contributed by atoms with Crippen LogP contribution in [0.2, 0.25) is 0 Å². The summed E-state index contributed by atoms with van der Waals surface area (Å²) in [4.78, 5) is 26.3. The maximum Gasteiger partial charge on any atom is 0.407 e. The van der Waals surface area contributed by atoms with Gasteiger partial charge in [-0.2, -0.15) is 0 Å². The number of ether oxygens (including phenoxy) is 1. The summed E-state index contributed by atoms with van der Waals surface area (Å²) in [5, 5.41) is 5.85. The number of nitrogens with zero attached hydrogens (tertiary/aromatic N) is 1. The van der Waals surface area contributed by atoms with Crippen LogP contribution >= 0.6 is 0 Å². The van der Waals surface area contributed by atoms with Crippen molar-refractivity contribution in [3.8, 4) is 0 Å². The number of benzene rings is 2. The minimum Gasteiger partial charge on any atom is -0.453 e. The van der Waals surface area contributed by atoms with Crippen molar-refractivity contribution in [3.63, 3.8) is 0 Å². The zero-order chi connectivity index (χ0) is 19.1. The molecule has 1 saturated heterocycles. The molecule has 1 heterocycles. The van der Waals surface area contributed by atoms with E-state index in [2.05, 4.69) is 20.3 Å². The van der Waals surface area contributed by atoms with E-state index < -0.39 is 6.09 Å². The number of hydrogen-bond donors (Lipinski definition) is 2. The second kappa shape index (κ2) is 9.07. The number of carbonyl (C=O) groups excluding carboxylic acids is 2. The minimum absolute atomic E-state index is 0.0794. The number of methoxy groups -OCH3 is 1. The predicted molar refractivity (Wildman–Crippen MR) is 105 cm³/mol. The lowest BCUT2D eigenvalue weighted by molar-refractivity contribution is 0.0951. The van der Waals surface area contributed by atoms with Gasteiger partial charge in [0.15, 0.2) is 0 Å². The SMILES string of the molecule is COC(=O)NC1CCN(c2ccccc2C(=O)NCc2ccccc2)CC1. The lowest BCUT2D eigenvalue weighted by atomic mass is 10.0. The van der Waals surface area contributed by atoms with Gasteiger partial charge in [0.1, 0.15) is 0 Å². The number of alkyl carbamates (subject to hydrolysis) is 1. The zero-order valence-electron chi connectivity index (χ0n) is 15.5. The van der Waals surface area contributed by atoms with E-state index in [-0.39, 0.29) is 11.9 Å². The van der Waals surface area contributed by atoms with Crippen LogP contribution in [0.1, 0.15) is 28.8 Å². The number of para-hydroxylation sites is 1. The molecule has 2 aromatic carbocycles. The Morgan fingerprint density at radius 3 is 2.41 bits per heavy atom. The Morgan fingerprint density at radius 1 is 1.04 bits per heavy atom. The number of carbonyl (C=O) groups is 2. The van der Waals surface area contributed by atoms with Gasteiger partial charge in [-0.1, -0.05) is 42.5 Å². The van der Waals surface area contributed by atoms with Crippen molar-refractivity contribution in [2.45, 2.75) is 25.4 Å². The molecule has 6 nitrogen and oxygen atoms in total. The Morgan fingerprint density at radius 2 is 1.70 bits per heavy atom. The molecule has 1 aliphatic rings. The van der Waals surface area contributed by atoms with Crippen molar-refractivity contribution in [2.24, 2.45) is 0 Å². The molecule has 0 bridgehead atoms. The summed E-state index contributed by atoms with van der Waals surface area (Å²) in [5.74, 6) is -0.0794. The van der Waals surface area contributed by atoms with E-state index in [1.807, 2.05) is 54.6 Å². The first-order valence-electron chi connectivity index (χ1n) is 9.18. The molecular formula is C21H25N3O3. The van der Waals surface area contributed by atoms with Gasteiger partial charge in [0, 0.05) is 31.4 Å². The molecule has 2 aromatic rings. The Labute approximate surface area is 159 Å². The molecule has 2 N–H and O–H groups in total. The smallest absolute Gasteiger partial charge is 0.407 e. The van der Waals surface area contributed by atoms with Gasteiger partial charge in [0.05, 0.1) is 12.7 Å². The monoisotopic (exact) mass is 367 g/mol. The molecule has 2 amide bonds. The van der Waals surface area contributed by atoms with Crippen LogP contribution in [0.4, 0.5) is 10.5 Å². The third kappa shape index (κ3) is 5.00. The first kappa shape index (κ1) is 18.8. The molecule has 0 spiro atoms. The van der Waals surface area contributed by atoms with Crippen LogP contribution < -0.4 is 15.5 Å². The van der Waals surface area contributed by atoms with Crippen molar-refractivity contribution in [1.29, 1.82) is 0 Å². The molecule has 0 aromatic heterocycles. The average Bonchev–Trinajstić information content (AvgIpc) is 2.73. The van der Waals surface area contributed by atoms with Crippen molar-refractivity contribution in [1.82, 2.24) is 10.6 Å². The van der Waals surface area contributed by atoms with Gasteiger partial charge < -0.3 is 20.3 Å². The summed E-state index contributed by atoms with van der Waals surface area (Å²) >= 11 is 0. The molecular weight excluding hydrogens is 342 g/mol. The molecule has 0 saturated carbocycles. The largest absolute Gasteiger partial charge is 0.453 e. The van der Waals surface area contributed by atoms with E-state index >= 15 is 0 Å². The van der Waals surface area contributed by atoms with Crippen LogP contribution in [0.5, 0.6) is 0 Å². The highest BCUT2D eigenvalue weighted by Gasteiger charge is 2.23. The Bertz CT molecular complexity index is 771. The summed E-state index contributed by atoms with van der Waals surface area (Å²) < 4.78 is 4.66. The Kier molecular flexibility index (Phi) is 6.30. The van der Waals surface area contributed by atoms with Crippen LogP contribution in [0.25, 0.3) is 0 Å². The maximum absolute atomic E-state index is 12.7. The number of hydrogen-bond acceptors (Lipinski definition) is 4. The van der Waals surface area contributed by atoms with Gasteiger partial charge in [-0.25, -0.2) is 4.79 Å². The highest BCUT2D eigenvalue weighted by Crippen LogP contribution is 2.24. The lowest BCUT2D eigenvalue weighted by Crippen LogP contribution is -2.45. The van der Waals surface area contributed by atoms with Gasteiger partial charge in [0.2, 0.25) is 0 Å². The average molecular weight is 367 g/mol. The van der Waals surface area contributed by atoms with Crippen molar-refractivity contribution < 1.29 is 14.3 Å². The summed E-state index contributed by atoms with van der Waals surface area (Å²) in [6.07, 6.45) is 1.23. The predicted octanol–water partition coefficient (Wildman–Crippen LogP) is 2.94. The normalized spacial score (nSPS) is 14.5. The molecule has 0 atom stereocenters. The summed E-state index contributed by atoms with van der Waals surface area (Å²) in [6.45, 7) is 2.05. The first-order chi connectivity index (χ1) is 13.2. The molecule has 1 aliphatic heterocycles. The molecule has 1 fully saturated rings. The number of nitrogens with one attached hydrogen (secondary N) is 2. The van der Waals surface area contributed by atoms with Gasteiger partial charge >= 0.3 is 6.09 Å². The molecule has 0 radical (unpaired) electrons. The zero-order valence-corrected chi connectivity index (χ0v) is 15.5. The van der Waals surface area contributed by atoms with Crippen molar-refractivity contribution >= 4 is 17.7 Å². The molecule has 27 heavy (non-hydrogen) atoms. The summed E-state index contributed by atoms with van der Waals surface area (Å²) in [5.41, 5.74) is 2.67. The highest BCUT2D eigenvalue weighted by molar-refractivity contribution is 5.99. The van der Waals surface area contributed by atoms with Crippen molar-refractivity contribution in [3.05, 3.63) is 65.7 Å². The van der Waals surface area contributed by atoms with E-state index in [1.54, 1.807) is 0 Å². The second-order valence-electron chi connectivity index (χ2n) is 6.58. The number of anilines is 1. The van der Waals surface area contributed by atoms with Gasteiger partial charge in [-0.05, 0) is 30.5 Å². The molecule has 0 unspecified atom stereocenters. The van der Waals surface area contributed by atoms with E-state index in [4.69, 9.17) is 0 Å². The fourth-order valence-corrected chi connectivity index (χ4v) is 3.31. The maximum atomic E-state index is 12.7. The fraction of sp³-hybridized carbons (Fsp3) is 0.333. The van der Waals surface area contributed by atoms with Crippen LogP contribution in [-0.2, 0) is 11.3 Å².